The van der Waals surface area contributed by atoms with E-state index in [1.54, 1.807) is 11.6 Å². The molecule has 1 aromatic carbocycles. The SMILES string of the molecule is Cn1c(=O)n(C2CCC(=O)NC2=O)c2ccc(CCCCCCCCCC(=O)O)cc21. The zero-order valence-electron chi connectivity index (χ0n) is 18.1. The Labute approximate surface area is 181 Å². The summed E-state index contributed by atoms with van der Waals surface area (Å²) in [5, 5.41) is 11.0. The molecule has 8 heteroatoms. The predicted molar refractivity (Wildman–Crippen MR) is 117 cm³/mol. The molecule has 0 saturated carbocycles. The van der Waals surface area contributed by atoms with E-state index in [0.717, 1.165) is 62.4 Å². The van der Waals surface area contributed by atoms with Crippen molar-refractivity contribution in [1.29, 1.82) is 0 Å². The average molecular weight is 430 g/mol. The molecule has 1 saturated heterocycles. The number of nitrogens with zero attached hydrogens (tertiary/aromatic N) is 2. The van der Waals surface area contributed by atoms with E-state index in [2.05, 4.69) is 5.32 Å². The minimum Gasteiger partial charge on any atom is -0.481 e. The molecule has 0 bridgehead atoms. The van der Waals surface area contributed by atoms with E-state index >= 15 is 0 Å². The van der Waals surface area contributed by atoms with Gasteiger partial charge in [0.2, 0.25) is 11.8 Å². The van der Waals surface area contributed by atoms with Gasteiger partial charge in [-0.1, -0.05) is 38.2 Å². The van der Waals surface area contributed by atoms with Gasteiger partial charge in [-0.05, 0) is 43.4 Å². The summed E-state index contributed by atoms with van der Waals surface area (Å²) in [7, 11) is 1.71. The fourth-order valence-electron chi connectivity index (χ4n) is 4.28. The third kappa shape index (κ3) is 5.62. The fourth-order valence-corrected chi connectivity index (χ4v) is 4.28. The number of benzene rings is 1. The lowest BCUT2D eigenvalue weighted by Gasteiger charge is -2.21. The van der Waals surface area contributed by atoms with Crippen LogP contribution in [0.25, 0.3) is 11.0 Å². The van der Waals surface area contributed by atoms with Crippen molar-refractivity contribution in [2.45, 2.75) is 76.7 Å². The van der Waals surface area contributed by atoms with Crippen LogP contribution in [0.1, 0.15) is 75.8 Å². The van der Waals surface area contributed by atoms with Gasteiger partial charge in [0, 0.05) is 19.9 Å². The van der Waals surface area contributed by atoms with Crippen LogP contribution in [0.3, 0.4) is 0 Å². The fraction of sp³-hybridized carbons (Fsp3) is 0.565. The Kier molecular flexibility index (Phi) is 7.65. The van der Waals surface area contributed by atoms with Gasteiger partial charge in [0.25, 0.3) is 0 Å². The summed E-state index contributed by atoms with van der Waals surface area (Å²) in [5.74, 6) is -1.43. The van der Waals surface area contributed by atoms with Crippen LogP contribution >= 0.6 is 0 Å². The normalized spacial score (nSPS) is 16.6. The Morgan fingerprint density at radius 2 is 1.71 bits per heavy atom. The van der Waals surface area contributed by atoms with Gasteiger partial charge in [-0.2, -0.15) is 0 Å². The lowest BCUT2D eigenvalue weighted by Crippen LogP contribution is -2.44. The Morgan fingerprint density at radius 3 is 2.39 bits per heavy atom. The number of fused-ring (bicyclic) bond motifs is 1. The lowest BCUT2D eigenvalue weighted by atomic mass is 10.0. The van der Waals surface area contributed by atoms with Crippen LogP contribution in [0.15, 0.2) is 23.0 Å². The van der Waals surface area contributed by atoms with Crippen molar-refractivity contribution in [1.82, 2.24) is 14.5 Å². The maximum absolute atomic E-state index is 12.8. The molecule has 1 aliphatic rings. The highest BCUT2D eigenvalue weighted by Gasteiger charge is 2.31. The summed E-state index contributed by atoms with van der Waals surface area (Å²) in [6.45, 7) is 0. The molecule has 8 nitrogen and oxygen atoms in total. The van der Waals surface area contributed by atoms with E-state index in [1.165, 1.54) is 4.57 Å². The Hall–Kier alpha value is -2.90. The molecular formula is C23H31N3O5. The second-order valence-electron chi connectivity index (χ2n) is 8.37. The van der Waals surface area contributed by atoms with E-state index in [-0.39, 0.29) is 24.4 Å². The zero-order valence-corrected chi connectivity index (χ0v) is 18.1. The molecule has 1 unspecified atom stereocenters. The highest BCUT2D eigenvalue weighted by molar-refractivity contribution is 6.00. The lowest BCUT2D eigenvalue weighted by molar-refractivity contribution is -0.137. The number of carboxylic acid groups (broad SMARTS) is 1. The van der Waals surface area contributed by atoms with E-state index in [1.807, 2.05) is 18.2 Å². The van der Waals surface area contributed by atoms with Crippen molar-refractivity contribution in [3.05, 3.63) is 34.2 Å². The van der Waals surface area contributed by atoms with Crippen molar-refractivity contribution in [2.75, 3.05) is 0 Å². The molecule has 168 valence electrons. The monoisotopic (exact) mass is 429 g/mol. The first-order valence-corrected chi connectivity index (χ1v) is 11.1. The third-order valence-corrected chi connectivity index (χ3v) is 6.03. The van der Waals surface area contributed by atoms with Crippen LogP contribution in [-0.2, 0) is 27.9 Å². The number of nitrogens with one attached hydrogen (secondary N) is 1. The maximum Gasteiger partial charge on any atom is 0.329 e. The van der Waals surface area contributed by atoms with Crippen LogP contribution in [0.2, 0.25) is 0 Å². The van der Waals surface area contributed by atoms with Gasteiger partial charge >= 0.3 is 11.7 Å². The molecule has 2 aromatic rings. The zero-order chi connectivity index (χ0) is 22.4. The smallest absolute Gasteiger partial charge is 0.329 e. The molecule has 1 aliphatic heterocycles. The number of aliphatic carboxylic acids is 1. The number of aryl methyl sites for hydroxylation is 2. The highest BCUT2D eigenvalue weighted by atomic mass is 16.4. The molecule has 0 aliphatic carbocycles. The number of aromatic nitrogens is 2. The number of unbranched alkanes of at least 4 members (excludes halogenated alkanes) is 6. The number of imidazole rings is 1. The van der Waals surface area contributed by atoms with Gasteiger partial charge in [-0.25, -0.2) is 4.79 Å². The van der Waals surface area contributed by atoms with Crippen LogP contribution in [0.4, 0.5) is 0 Å². The number of carboxylic acids is 1. The van der Waals surface area contributed by atoms with E-state index in [0.29, 0.717) is 11.9 Å². The molecular weight excluding hydrogens is 398 g/mol. The number of piperidine rings is 1. The van der Waals surface area contributed by atoms with Crippen molar-refractivity contribution >= 4 is 28.8 Å². The summed E-state index contributed by atoms with van der Waals surface area (Å²) in [6.07, 6.45) is 9.00. The number of hydrogen-bond donors (Lipinski definition) is 2. The van der Waals surface area contributed by atoms with Crippen LogP contribution in [0.5, 0.6) is 0 Å². The van der Waals surface area contributed by atoms with Crippen LogP contribution < -0.4 is 11.0 Å². The minimum atomic E-state index is -0.720. The summed E-state index contributed by atoms with van der Waals surface area (Å²) >= 11 is 0. The molecule has 3 rings (SSSR count). The predicted octanol–water partition coefficient (Wildman–Crippen LogP) is 3.07. The van der Waals surface area contributed by atoms with Gasteiger partial charge in [0.1, 0.15) is 6.04 Å². The summed E-state index contributed by atoms with van der Waals surface area (Å²) < 4.78 is 3.07. The summed E-state index contributed by atoms with van der Waals surface area (Å²) in [5.41, 5.74) is 2.42. The third-order valence-electron chi connectivity index (χ3n) is 6.03. The van der Waals surface area contributed by atoms with Crippen LogP contribution in [0, 0.1) is 0 Å². The first-order chi connectivity index (χ1) is 14.9. The Balaban J connectivity index is 1.55. The number of carbonyl (C=O) groups is 3. The average Bonchev–Trinajstić information content (AvgIpc) is 2.97. The Morgan fingerprint density at radius 1 is 1.03 bits per heavy atom. The summed E-state index contributed by atoms with van der Waals surface area (Å²) in [4.78, 5) is 47.0. The van der Waals surface area contributed by atoms with E-state index in [4.69, 9.17) is 5.11 Å². The molecule has 2 heterocycles. The standard InChI is InChI=1S/C23H31N3O5/c1-25-19-15-16(9-7-5-3-2-4-6-8-10-21(28)29)11-12-17(19)26(23(25)31)18-13-14-20(27)24-22(18)30/h11-12,15,18H,2-10,13-14H2,1H3,(H,28,29)(H,24,27,30). The topological polar surface area (TPSA) is 110 Å². The molecule has 1 fully saturated rings. The first-order valence-electron chi connectivity index (χ1n) is 11.1. The number of rotatable bonds is 11. The van der Waals surface area contributed by atoms with Crippen LogP contribution in [-0.4, -0.2) is 32.0 Å². The van der Waals surface area contributed by atoms with E-state index < -0.39 is 17.9 Å². The second kappa shape index (κ2) is 10.4. The van der Waals surface area contributed by atoms with Gasteiger partial charge < -0.3 is 5.11 Å². The van der Waals surface area contributed by atoms with Gasteiger partial charge in [0.15, 0.2) is 0 Å². The number of carbonyl (C=O) groups excluding carboxylic acids is 2. The maximum atomic E-state index is 12.8. The quantitative estimate of drug-likeness (QED) is 0.421. The van der Waals surface area contributed by atoms with Crippen molar-refractivity contribution in [2.24, 2.45) is 7.05 Å². The minimum absolute atomic E-state index is 0.233. The molecule has 1 atom stereocenters. The molecule has 2 amide bonds. The molecule has 0 radical (unpaired) electrons. The van der Waals surface area contributed by atoms with E-state index in [9.17, 15) is 19.2 Å². The van der Waals surface area contributed by atoms with Crippen molar-refractivity contribution in [3.8, 4) is 0 Å². The number of hydrogen-bond acceptors (Lipinski definition) is 4. The molecule has 0 spiro atoms. The van der Waals surface area contributed by atoms with Gasteiger partial charge in [-0.15, -0.1) is 0 Å². The summed E-state index contributed by atoms with van der Waals surface area (Å²) in [6, 6.07) is 5.27. The highest BCUT2D eigenvalue weighted by Crippen LogP contribution is 2.24. The Bertz CT molecular complexity index is 1020. The number of imide groups is 1. The number of amides is 2. The second-order valence-corrected chi connectivity index (χ2v) is 8.37. The van der Waals surface area contributed by atoms with Gasteiger partial charge in [0.05, 0.1) is 11.0 Å². The molecule has 2 N–H and O–H groups in total. The first kappa shape index (κ1) is 22.8. The molecule has 31 heavy (non-hydrogen) atoms. The van der Waals surface area contributed by atoms with Crippen molar-refractivity contribution < 1.29 is 19.5 Å². The molecule has 1 aromatic heterocycles. The largest absolute Gasteiger partial charge is 0.481 e. The van der Waals surface area contributed by atoms with Gasteiger partial charge in [-0.3, -0.25) is 28.8 Å². The van der Waals surface area contributed by atoms with Crippen molar-refractivity contribution in [3.63, 3.8) is 0 Å².